The summed E-state index contributed by atoms with van der Waals surface area (Å²) in [6.07, 6.45) is -1.24. The predicted octanol–water partition coefficient (Wildman–Crippen LogP) is 2.02. The van der Waals surface area contributed by atoms with E-state index in [1.807, 2.05) is 0 Å². The zero-order valence-corrected chi connectivity index (χ0v) is 15.8. The number of nitrogens with one attached hydrogen (secondary N) is 1. The number of imide groups is 1. The largest absolute Gasteiger partial charge is 0.871 e. The molecule has 2 atom stereocenters. The summed E-state index contributed by atoms with van der Waals surface area (Å²) in [5.41, 5.74) is 2.23. The minimum atomic E-state index is -1.24. The zero-order chi connectivity index (χ0) is 20.9. The Balaban J connectivity index is 1.72. The first-order valence-corrected chi connectivity index (χ1v) is 8.95. The number of hydrogen-bond donors (Lipinski definition) is 1. The normalized spacial score (nSPS) is 22.5. The number of nitrogens with zero attached hydrogens (tertiary/aromatic N) is 2. The van der Waals surface area contributed by atoms with Crippen LogP contribution in [0.5, 0.6) is 0 Å². The summed E-state index contributed by atoms with van der Waals surface area (Å²) in [5.74, 6) is -3.20. The fraction of sp³-hybridized carbons (Fsp3) is 0.111. The second kappa shape index (κ2) is 7.03. The van der Waals surface area contributed by atoms with Crippen molar-refractivity contribution in [2.45, 2.75) is 6.10 Å². The van der Waals surface area contributed by atoms with Crippen molar-refractivity contribution in [1.29, 1.82) is 0 Å². The third-order valence-corrected chi connectivity index (χ3v) is 5.15. The van der Waals surface area contributed by atoms with E-state index < -0.39 is 34.5 Å². The molecule has 11 heteroatoms. The Morgan fingerprint density at radius 3 is 2.45 bits per heavy atom. The van der Waals surface area contributed by atoms with Gasteiger partial charge in [-0.3, -0.25) is 30.0 Å². The van der Waals surface area contributed by atoms with Gasteiger partial charge >= 0.3 is 0 Å². The van der Waals surface area contributed by atoms with Gasteiger partial charge in [0, 0.05) is 22.9 Å². The van der Waals surface area contributed by atoms with Crippen LogP contribution in [0.3, 0.4) is 0 Å². The van der Waals surface area contributed by atoms with Crippen LogP contribution in [0, 0.1) is 16.0 Å². The van der Waals surface area contributed by atoms with E-state index in [1.165, 1.54) is 42.5 Å². The average molecular weight is 435 g/mol. The van der Waals surface area contributed by atoms with Crippen LogP contribution in [-0.2, 0) is 14.4 Å². The molecule has 2 aliphatic heterocycles. The molecule has 9 nitrogen and oxygen atoms in total. The van der Waals surface area contributed by atoms with Gasteiger partial charge in [0.15, 0.2) is 6.10 Å². The molecule has 0 spiro atoms. The molecule has 2 fully saturated rings. The van der Waals surface area contributed by atoms with Crippen molar-refractivity contribution in [3.63, 3.8) is 0 Å². The van der Waals surface area contributed by atoms with Gasteiger partial charge in [-0.1, -0.05) is 29.0 Å². The van der Waals surface area contributed by atoms with Crippen molar-refractivity contribution in [1.82, 2.24) is 5.48 Å². The van der Waals surface area contributed by atoms with Crippen molar-refractivity contribution < 1.29 is 24.5 Å². The highest BCUT2D eigenvalue weighted by atomic mass is 35.5. The monoisotopic (exact) mass is 434 g/mol. The first-order chi connectivity index (χ1) is 13.8. The van der Waals surface area contributed by atoms with Gasteiger partial charge in [0.05, 0.1) is 15.6 Å². The molecular weight excluding hydrogens is 425 g/mol. The van der Waals surface area contributed by atoms with Crippen LogP contribution in [0.2, 0.25) is 10.0 Å². The van der Waals surface area contributed by atoms with Crippen molar-refractivity contribution in [3.05, 3.63) is 73.9 Å². The SMILES string of the molecule is O=C1[C@H]2C(=C([O-])c3ccc([N+](=O)[O-])cc3)NO[C@@H]2C(=O)N1c1cc(Cl)ccc1Cl. The van der Waals surface area contributed by atoms with Gasteiger partial charge in [0.25, 0.3) is 11.6 Å². The highest BCUT2D eigenvalue weighted by Gasteiger charge is 2.55. The predicted molar refractivity (Wildman–Crippen MR) is 100 cm³/mol. The maximum atomic E-state index is 13.0. The first-order valence-electron chi connectivity index (χ1n) is 8.20. The maximum Gasteiger partial charge on any atom is 0.269 e. The van der Waals surface area contributed by atoms with E-state index in [2.05, 4.69) is 5.48 Å². The van der Waals surface area contributed by atoms with Crippen molar-refractivity contribution in [2.24, 2.45) is 5.92 Å². The second-order valence-corrected chi connectivity index (χ2v) is 7.12. The molecule has 0 unspecified atom stereocenters. The Morgan fingerprint density at radius 1 is 1.10 bits per heavy atom. The smallest absolute Gasteiger partial charge is 0.269 e. The molecule has 29 heavy (non-hydrogen) atoms. The van der Waals surface area contributed by atoms with Crippen LogP contribution in [-0.4, -0.2) is 22.8 Å². The summed E-state index contributed by atoms with van der Waals surface area (Å²) in [7, 11) is 0. The number of amides is 2. The molecular formula is C18H10Cl2N3O6-. The van der Waals surface area contributed by atoms with Gasteiger partial charge in [0.2, 0.25) is 5.91 Å². The van der Waals surface area contributed by atoms with Gasteiger partial charge in [-0.25, -0.2) is 4.90 Å². The number of carbonyl (C=O) groups excluding carboxylic acids is 2. The molecule has 2 heterocycles. The highest BCUT2D eigenvalue weighted by Crippen LogP contribution is 2.40. The van der Waals surface area contributed by atoms with Crippen LogP contribution >= 0.6 is 23.2 Å². The molecule has 148 valence electrons. The van der Waals surface area contributed by atoms with Crippen LogP contribution in [0.15, 0.2) is 48.2 Å². The van der Waals surface area contributed by atoms with Gasteiger partial charge in [0.1, 0.15) is 5.92 Å². The van der Waals surface area contributed by atoms with Crippen LogP contribution in [0.4, 0.5) is 11.4 Å². The summed E-state index contributed by atoms with van der Waals surface area (Å²) in [6, 6.07) is 9.17. The minimum Gasteiger partial charge on any atom is -0.871 e. The summed E-state index contributed by atoms with van der Waals surface area (Å²) < 4.78 is 0. The maximum absolute atomic E-state index is 13.0. The second-order valence-electron chi connectivity index (χ2n) is 6.27. The zero-order valence-electron chi connectivity index (χ0n) is 14.3. The number of rotatable bonds is 3. The minimum absolute atomic E-state index is 0.0919. The van der Waals surface area contributed by atoms with E-state index >= 15 is 0 Å². The lowest BCUT2D eigenvalue weighted by Crippen LogP contribution is -2.35. The Labute approximate surface area is 173 Å². The number of anilines is 1. The van der Waals surface area contributed by atoms with E-state index in [4.69, 9.17) is 28.0 Å². The number of nitro groups is 1. The molecule has 0 saturated carbocycles. The number of halogens is 2. The molecule has 0 aliphatic carbocycles. The van der Waals surface area contributed by atoms with E-state index in [1.54, 1.807) is 0 Å². The molecule has 2 aliphatic rings. The van der Waals surface area contributed by atoms with Gasteiger partial charge in [-0.2, -0.15) is 0 Å². The lowest BCUT2D eigenvalue weighted by molar-refractivity contribution is -0.384. The third-order valence-electron chi connectivity index (χ3n) is 4.59. The van der Waals surface area contributed by atoms with Crippen LogP contribution in [0.25, 0.3) is 5.76 Å². The number of hydroxylamine groups is 1. The van der Waals surface area contributed by atoms with Crippen LogP contribution in [0.1, 0.15) is 5.56 Å². The summed E-state index contributed by atoms with van der Waals surface area (Å²) >= 11 is 12.1. The van der Waals surface area contributed by atoms with E-state index in [-0.39, 0.29) is 32.7 Å². The first kappa shape index (κ1) is 19.2. The van der Waals surface area contributed by atoms with Crippen molar-refractivity contribution in [2.75, 3.05) is 4.90 Å². The molecule has 0 radical (unpaired) electrons. The number of non-ortho nitro benzene ring substituents is 1. The summed E-state index contributed by atoms with van der Waals surface area (Å²) in [4.78, 5) is 41.9. The van der Waals surface area contributed by atoms with Gasteiger partial charge in [-0.15, -0.1) is 0 Å². The number of nitro benzene ring substituents is 1. The molecule has 2 aromatic rings. The quantitative estimate of drug-likeness (QED) is 0.339. The van der Waals surface area contributed by atoms with Crippen molar-refractivity contribution in [3.8, 4) is 0 Å². The standard InChI is InChI=1S/C18H11Cl2N3O6/c19-9-3-6-11(20)12(7-9)22-17(25)13-14(21-29-16(13)18(22)26)15(24)8-1-4-10(5-2-8)23(27)28/h1-7,13,16,21,24H/p-1/t13-,16-/m0/s1. The lowest BCUT2D eigenvalue weighted by atomic mass is 9.99. The highest BCUT2D eigenvalue weighted by molar-refractivity contribution is 6.38. The van der Waals surface area contributed by atoms with E-state index in [9.17, 15) is 24.8 Å². The summed E-state index contributed by atoms with van der Waals surface area (Å²) in [6.45, 7) is 0. The average Bonchev–Trinajstić information content (AvgIpc) is 3.24. The molecule has 2 aromatic carbocycles. The number of hydrogen-bond acceptors (Lipinski definition) is 7. The number of carbonyl (C=O) groups is 2. The Morgan fingerprint density at radius 2 is 1.79 bits per heavy atom. The fourth-order valence-electron chi connectivity index (χ4n) is 3.20. The lowest BCUT2D eigenvalue weighted by Gasteiger charge is -2.21. The van der Waals surface area contributed by atoms with E-state index in [0.29, 0.717) is 0 Å². The Hall–Kier alpha value is -3.14. The molecule has 2 amide bonds. The van der Waals surface area contributed by atoms with Gasteiger partial charge in [-0.05, 0) is 35.9 Å². The number of fused-ring (bicyclic) bond motifs is 1. The van der Waals surface area contributed by atoms with Crippen molar-refractivity contribution >= 4 is 52.2 Å². The Kier molecular flexibility index (Phi) is 4.65. The third kappa shape index (κ3) is 3.09. The van der Waals surface area contributed by atoms with Crippen LogP contribution < -0.4 is 15.5 Å². The molecule has 0 aromatic heterocycles. The molecule has 4 rings (SSSR count). The fourth-order valence-corrected chi connectivity index (χ4v) is 3.57. The van der Waals surface area contributed by atoms with E-state index in [0.717, 1.165) is 4.90 Å². The number of benzene rings is 2. The Bertz CT molecular complexity index is 1090. The summed E-state index contributed by atoms with van der Waals surface area (Å²) in [5, 5.41) is 24.0. The molecule has 1 N–H and O–H groups in total. The molecule has 0 bridgehead atoms. The van der Waals surface area contributed by atoms with Gasteiger partial charge < -0.3 is 5.11 Å². The topological polar surface area (TPSA) is 125 Å². The molecule has 2 saturated heterocycles.